The highest BCUT2D eigenvalue weighted by Gasteiger charge is 2.33. The highest BCUT2D eigenvalue weighted by molar-refractivity contribution is 6.23. The summed E-state index contributed by atoms with van der Waals surface area (Å²) < 4.78 is 16.6. The molecule has 5 N–H and O–H groups in total. The van der Waals surface area contributed by atoms with Crippen molar-refractivity contribution in [2.75, 3.05) is 20.8 Å². The lowest BCUT2D eigenvalue weighted by atomic mass is 9.85. The molecule has 6 atom stereocenters. The minimum absolute atomic E-state index is 0.132. The number of carbonyl (C=O) groups excluding carboxylic acids is 4. The number of carbonyl (C=O) groups is 4. The van der Waals surface area contributed by atoms with Crippen LogP contribution in [0.2, 0.25) is 0 Å². The van der Waals surface area contributed by atoms with Crippen molar-refractivity contribution in [3.8, 4) is 0 Å². The van der Waals surface area contributed by atoms with E-state index in [2.05, 4.69) is 17.2 Å². The first kappa shape index (κ1) is 34.4. The fourth-order valence-electron chi connectivity index (χ4n) is 4.95. The van der Waals surface area contributed by atoms with Crippen LogP contribution in [0.3, 0.4) is 0 Å². The highest BCUT2D eigenvalue weighted by Crippen LogP contribution is 2.28. The van der Waals surface area contributed by atoms with Crippen LogP contribution < -0.4 is 16.4 Å². The minimum atomic E-state index is -1.00. The summed E-state index contributed by atoms with van der Waals surface area (Å²) in [6, 6.07) is 0. The monoisotopic (exact) mass is 585 g/mol. The molecule has 0 aromatic rings. The molecule has 42 heavy (non-hydrogen) atoms. The molecule has 2 aliphatic rings. The van der Waals surface area contributed by atoms with Crippen molar-refractivity contribution >= 4 is 23.6 Å². The number of aliphatic hydroxyl groups excluding tert-OH is 1. The van der Waals surface area contributed by atoms with Crippen LogP contribution in [0, 0.1) is 11.8 Å². The normalized spacial score (nSPS) is 31.6. The number of nitrogens with two attached hydrogens (primary N) is 1. The van der Waals surface area contributed by atoms with Crippen molar-refractivity contribution in [2.45, 2.75) is 65.0 Å². The molecule has 0 aromatic carbocycles. The number of hydrogen-bond acceptors (Lipinski definition) is 9. The summed E-state index contributed by atoms with van der Waals surface area (Å²) >= 11 is 0. The Labute approximate surface area is 247 Å². The number of aliphatic hydroxyl groups is 1. The number of primary amides is 1. The van der Waals surface area contributed by atoms with Gasteiger partial charge < -0.3 is 35.7 Å². The quantitative estimate of drug-likeness (QED) is 0.271. The van der Waals surface area contributed by atoms with Crippen molar-refractivity contribution < 1.29 is 38.5 Å². The zero-order valence-electron chi connectivity index (χ0n) is 25.1. The first-order valence-electron chi connectivity index (χ1n) is 13.8. The van der Waals surface area contributed by atoms with E-state index in [4.69, 9.17) is 19.9 Å². The molecule has 0 unspecified atom stereocenters. The number of ether oxygens (including phenoxy) is 3. The van der Waals surface area contributed by atoms with Gasteiger partial charge in [0.2, 0.25) is 11.6 Å². The van der Waals surface area contributed by atoms with E-state index in [-0.39, 0.29) is 41.4 Å². The van der Waals surface area contributed by atoms with Gasteiger partial charge in [-0.05, 0) is 38.2 Å². The van der Waals surface area contributed by atoms with E-state index >= 15 is 0 Å². The first-order valence-corrected chi connectivity index (χ1v) is 13.8. The van der Waals surface area contributed by atoms with Gasteiger partial charge in [-0.15, -0.1) is 6.58 Å². The number of hydrogen-bond donors (Lipinski definition) is 4. The summed E-state index contributed by atoms with van der Waals surface area (Å²) in [6.45, 7) is 10.9. The molecule has 0 fully saturated rings. The summed E-state index contributed by atoms with van der Waals surface area (Å²) in [5.74, 6) is -2.14. The van der Waals surface area contributed by atoms with Gasteiger partial charge in [0.05, 0.1) is 23.6 Å². The Balaban J connectivity index is 2.62. The lowest BCUT2D eigenvalue weighted by Crippen LogP contribution is -2.37. The molecule has 2 rings (SSSR count). The van der Waals surface area contributed by atoms with Crippen molar-refractivity contribution in [2.24, 2.45) is 17.6 Å². The van der Waals surface area contributed by atoms with Crippen molar-refractivity contribution in [3.63, 3.8) is 0 Å². The lowest BCUT2D eigenvalue weighted by Gasteiger charge is -2.30. The maximum Gasteiger partial charge on any atom is 0.405 e. The summed E-state index contributed by atoms with van der Waals surface area (Å²) in [4.78, 5) is 51.3. The van der Waals surface area contributed by atoms with Crippen LogP contribution >= 0.6 is 0 Å². The third-order valence-electron chi connectivity index (χ3n) is 7.22. The molecule has 230 valence electrons. The zero-order chi connectivity index (χ0) is 31.6. The predicted octanol–water partition coefficient (Wildman–Crippen LogP) is 2.54. The molecule has 11 nitrogen and oxygen atoms in total. The number of nitrogens with one attached hydrogen (secondary N) is 2. The number of amides is 2. The molecule has 1 aliphatic heterocycles. The third kappa shape index (κ3) is 9.10. The first-order chi connectivity index (χ1) is 19.8. The van der Waals surface area contributed by atoms with Crippen LogP contribution in [0.1, 0.15) is 40.5 Å². The van der Waals surface area contributed by atoms with E-state index in [1.165, 1.54) is 20.3 Å². The standard InChI is InChI=1S/C31H43N3O8/c1-8-12-33-26-21-13-17(2)14-25(41-7)27(36)19(4)15-20(5)29(42-31(32)39)24(40-6)11-9-10-18(3)30(38)34-22(28(21)37)16-23(26)35/h8-11,15-17,19,24-25,27,29,33,36H,1,12-14H2,2-7H3,(H2,32,39)(H,34,38)/b11-9-,18-10+,20-15+/t17-,19+,24-,25-,27-,29+/m1/s1. The molecule has 2 bridgehead atoms. The summed E-state index contributed by atoms with van der Waals surface area (Å²) in [7, 11) is 2.92. The molecular weight excluding hydrogens is 542 g/mol. The Hall–Kier alpha value is -3.80. The van der Waals surface area contributed by atoms with Gasteiger partial charge in [-0.3, -0.25) is 14.4 Å². The number of ketones is 2. The summed E-state index contributed by atoms with van der Waals surface area (Å²) in [5, 5.41) is 16.7. The van der Waals surface area contributed by atoms with Crippen molar-refractivity contribution in [1.29, 1.82) is 0 Å². The maximum absolute atomic E-state index is 13.5. The Kier molecular flexibility index (Phi) is 13.1. The fraction of sp³-hybridized carbons (Fsp3) is 0.484. The van der Waals surface area contributed by atoms with E-state index in [0.717, 1.165) is 6.08 Å². The largest absolute Gasteiger partial charge is 0.439 e. The molecule has 0 spiro atoms. The number of Topliss-reactive ketones (excluding diaryl/α,β-unsaturated/α-hetero) is 1. The van der Waals surface area contributed by atoms with Gasteiger partial charge in [-0.1, -0.05) is 44.2 Å². The molecule has 2 amide bonds. The Morgan fingerprint density at radius 2 is 1.90 bits per heavy atom. The summed E-state index contributed by atoms with van der Waals surface area (Å²) in [6.07, 6.45) is 5.34. The summed E-state index contributed by atoms with van der Waals surface area (Å²) in [5.41, 5.74) is 6.42. The van der Waals surface area contributed by atoms with E-state index in [1.54, 1.807) is 45.1 Å². The third-order valence-corrected chi connectivity index (χ3v) is 7.22. The molecule has 0 saturated carbocycles. The van der Waals surface area contributed by atoms with Crippen LogP contribution in [0.5, 0.6) is 0 Å². The topological polar surface area (TPSA) is 166 Å². The van der Waals surface area contributed by atoms with Gasteiger partial charge in [0.25, 0.3) is 5.91 Å². The minimum Gasteiger partial charge on any atom is -0.439 e. The highest BCUT2D eigenvalue weighted by atomic mass is 16.6. The average Bonchev–Trinajstić information content (AvgIpc) is 2.94. The zero-order valence-corrected chi connectivity index (χ0v) is 25.1. The number of fused-ring (bicyclic) bond motifs is 2. The second-order valence-corrected chi connectivity index (χ2v) is 10.6. The second kappa shape index (κ2) is 16.0. The average molecular weight is 586 g/mol. The van der Waals surface area contributed by atoms with E-state index < -0.39 is 53.9 Å². The number of allylic oxidation sites excluding steroid dienone is 4. The van der Waals surface area contributed by atoms with Crippen molar-refractivity contribution in [3.05, 3.63) is 71.1 Å². The number of rotatable bonds is 6. The van der Waals surface area contributed by atoms with Gasteiger partial charge in [-0.2, -0.15) is 0 Å². The molecule has 0 radical (unpaired) electrons. The molecular formula is C31H43N3O8. The van der Waals surface area contributed by atoms with Gasteiger partial charge in [0.15, 0.2) is 6.10 Å². The van der Waals surface area contributed by atoms with Crippen LogP contribution in [-0.2, 0) is 28.6 Å². The van der Waals surface area contributed by atoms with E-state index in [0.29, 0.717) is 12.0 Å². The van der Waals surface area contributed by atoms with Crippen LogP contribution in [0.4, 0.5) is 4.79 Å². The maximum atomic E-state index is 13.5. The van der Waals surface area contributed by atoms with Gasteiger partial charge in [0.1, 0.15) is 6.10 Å². The van der Waals surface area contributed by atoms with Gasteiger partial charge in [0, 0.05) is 43.9 Å². The number of methoxy groups -OCH3 is 2. The van der Waals surface area contributed by atoms with Gasteiger partial charge >= 0.3 is 6.09 Å². The predicted molar refractivity (Wildman–Crippen MR) is 158 cm³/mol. The molecule has 1 aliphatic carbocycles. The fourth-order valence-corrected chi connectivity index (χ4v) is 4.95. The molecule has 0 saturated heterocycles. The molecule has 11 heteroatoms. The lowest BCUT2D eigenvalue weighted by molar-refractivity contribution is -0.120. The second-order valence-electron chi connectivity index (χ2n) is 10.6. The Morgan fingerprint density at radius 1 is 1.21 bits per heavy atom. The molecule has 0 aromatic heterocycles. The van der Waals surface area contributed by atoms with Crippen LogP contribution in [0.25, 0.3) is 0 Å². The SMILES string of the molecule is C=CCNC1=C2C[C@@H](C)C[C@@H](OC)[C@H](O)[C@@H](C)/C=C(\C)[C@H](OC(N)=O)[C@H](OC)/C=C\C=C(/C)C(=O)NC(=CC1=O)C2=O. The Bertz CT molecular complexity index is 1210. The van der Waals surface area contributed by atoms with E-state index in [1.807, 2.05) is 6.92 Å². The molecule has 1 heterocycles. The van der Waals surface area contributed by atoms with Crippen molar-refractivity contribution in [1.82, 2.24) is 10.6 Å². The smallest absolute Gasteiger partial charge is 0.405 e. The van der Waals surface area contributed by atoms with E-state index in [9.17, 15) is 24.3 Å². The Morgan fingerprint density at radius 3 is 2.50 bits per heavy atom. The van der Waals surface area contributed by atoms with Crippen LogP contribution in [-0.4, -0.2) is 73.9 Å². The van der Waals surface area contributed by atoms with Gasteiger partial charge in [-0.25, -0.2) is 4.79 Å². The van der Waals surface area contributed by atoms with Crippen LogP contribution in [0.15, 0.2) is 71.1 Å².